The first kappa shape index (κ1) is 28.0. The Balaban J connectivity index is 1.64. The zero-order valence-electron chi connectivity index (χ0n) is 21.7. The molecule has 38 heavy (non-hydrogen) atoms. The summed E-state index contributed by atoms with van der Waals surface area (Å²) < 4.78 is 5.45. The van der Waals surface area contributed by atoms with Crippen LogP contribution in [0.15, 0.2) is 59.8 Å². The molecule has 202 valence electrons. The van der Waals surface area contributed by atoms with Crippen molar-refractivity contribution in [2.24, 2.45) is 0 Å². The monoisotopic (exact) mass is 558 g/mol. The van der Waals surface area contributed by atoms with Gasteiger partial charge in [-0.1, -0.05) is 53.5 Å². The minimum Gasteiger partial charge on any atom is -0.463 e. The van der Waals surface area contributed by atoms with E-state index in [2.05, 4.69) is 10.2 Å². The van der Waals surface area contributed by atoms with Gasteiger partial charge in [0, 0.05) is 49.5 Å². The number of hydrogen-bond acceptors (Lipinski definition) is 5. The fraction of sp³-hybridized carbons (Fsp3) is 0.393. The van der Waals surface area contributed by atoms with Crippen molar-refractivity contribution >= 4 is 41.1 Å². The van der Waals surface area contributed by atoms with Crippen LogP contribution in [-0.2, 0) is 9.53 Å². The summed E-state index contributed by atoms with van der Waals surface area (Å²) in [7, 11) is 0. The van der Waals surface area contributed by atoms with Gasteiger partial charge in [0.1, 0.15) is 0 Å². The van der Waals surface area contributed by atoms with E-state index in [1.165, 1.54) is 0 Å². The molecule has 0 spiro atoms. The van der Waals surface area contributed by atoms with Gasteiger partial charge in [-0.05, 0) is 44.5 Å². The normalized spacial score (nSPS) is 20.4. The molecule has 10 heteroatoms. The van der Waals surface area contributed by atoms with Crippen LogP contribution in [0.1, 0.15) is 42.7 Å². The second kappa shape index (κ2) is 12.2. The number of benzene rings is 2. The molecule has 8 nitrogen and oxygen atoms in total. The number of nitrogens with zero attached hydrogens (tertiary/aromatic N) is 3. The molecule has 2 heterocycles. The molecule has 2 aromatic carbocycles. The summed E-state index contributed by atoms with van der Waals surface area (Å²) in [6, 6.07) is 13.0. The first-order chi connectivity index (χ1) is 18.3. The molecule has 2 aliphatic heterocycles. The molecule has 0 aliphatic carbocycles. The minimum atomic E-state index is -0.742. The number of carbonyl (C=O) groups is 3. The van der Waals surface area contributed by atoms with Gasteiger partial charge >= 0.3 is 12.0 Å². The first-order valence-electron chi connectivity index (χ1n) is 12.8. The Morgan fingerprint density at radius 1 is 1.03 bits per heavy atom. The smallest absolute Gasteiger partial charge is 0.338 e. The second-order valence-corrected chi connectivity index (χ2v) is 10.1. The van der Waals surface area contributed by atoms with Gasteiger partial charge in [0.25, 0.3) is 5.91 Å². The highest BCUT2D eigenvalue weighted by Crippen LogP contribution is 2.35. The van der Waals surface area contributed by atoms with E-state index in [9.17, 15) is 14.4 Å². The highest BCUT2D eigenvalue weighted by atomic mass is 35.5. The van der Waals surface area contributed by atoms with Gasteiger partial charge in [-0.2, -0.15) is 0 Å². The number of halogens is 2. The molecule has 1 N–H and O–H groups in total. The summed E-state index contributed by atoms with van der Waals surface area (Å²) in [4.78, 5) is 45.3. The summed E-state index contributed by atoms with van der Waals surface area (Å²) in [5.74, 6) is -0.605. The van der Waals surface area contributed by atoms with Crippen molar-refractivity contribution in [1.82, 2.24) is 20.0 Å². The number of esters is 1. The number of piperazine rings is 1. The van der Waals surface area contributed by atoms with Gasteiger partial charge in [-0.15, -0.1) is 0 Å². The Morgan fingerprint density at radius 3 is 2.34 bits per heavy atom. The minimum absolute atomic E-state index is 0.106. The van der Waals surface area contributed by atoms with E-state index in [-0.39, 0.29) is 24.6 Å². The predicted octanol–water partition coefficient (Wildman–Crippen LogP) is 4.74. The van der Waals surface area contributed by atoms with E-state index < -0.39 is 12.0 Å². The first-order valence-corrected chi connectivity index (χ1v) is 13.5. The summed E-state index contributed by atoms with van der Waals surface area (Å²) in [6.45, 7) is 8.12. The number of carbonyl (C=O) groups excluding carboxylic acids is 3. The molecule has 0 radical (unpaired) electrons. The van der Waals surface area contributed by atoms with Crippen molar-refractivity contribution in [3.8, 4) is 0 Å². The van der Waals surface area contributed by atoms with Crippen LogP contribution in [0.5, 0.6) is 0 Å². The van der Waals surface area contributed by atoms with Crippen molar-refractivity contribution in [3.63, 3.8) is 0 Å². The maximum absolute atomic E-state index is 13.3. The van der Waals surface area contributed by atoms with Crippen molar-refractivity contribution in [2.45, 2.75) is 32.9 Å². The third-order valence-electron chi connectivity index (χ3n) is 6.92. The highest BCUT2D eigenvalue weighted by molar-refractivity contribution is 6.33. The van der Waals surface area contributed by atoms with E-state index >= 15 is 0 Å². The standard InChI is InChI=1S/C28H32Cl2N4O4/c1-4-33-23(17-32-14-15-34(18(3)16-32)26(35)20-11-7-9-13-22(20)30)24(27(36)38-5-2)25(31-28(33)37)19-10-6-8-12-21(19)29/h6-13,18,25H,4-5,14-17H2,1-3H3,(H,31,37). The zero-order valence-corrected chi connectivity index (χ0v) is 23.3. The Hall–Kier alpha value is -3.07. The Morgan fingerprint density at radius 2 is 1.71 bits per heavy atom. The molecule has 4 rings (SSSR count). The zero-order chi connectivity index (χ0) is 27.4. The molecule has 1 saturated heterocycles. The summed E-state index contributed by atoms with van der Waals surface area (Å²) in [6.07, 6.45) is 0. The molecule has 2 unspecified atom stereocenters. The fourth-order valence-electron chi connectivity index (χ4n) is 5.08. The Labute approximate surface area is 233 Å². The van der Waals surface area contributed by atoms with Crippen molar-refractivity contribution in [1.29, 1.82) is 0 Å². The second-order valence-electron chi connectivity index (χ2n) is 9.29. The summed E-state index contributed by atoms with van der Waals surface area (Å²) >= 11 is 12.8. The molecule has 0 bridgehead atoms. The number of nitrogens with one attached hydrogen (secondary N) is 1. The van der Waals surface area contributed by atoms with Gasteiger partial charge < -0.3 is 15.0 Å². The molecule has 2 aromatic rings. The molecule has 2 aliphatic rings. The van der Waals surface area contributed by atoms with E-state index in [0.717, 1.165) is 0 Å². The number of hydrogen-bond donors (Lipinski definition) is 1. The SMILES string of the molecule is CCOC(=O)C1=C(CN2CCN(C(=O)c3ccccc3Cl)C(C)C2)N(CC)C(=O)NC1c1ccccc1Cl. The lowest BCUT2D eigenvalue weighted by Gasteiger charge is -2.43. The van der Waals surface area contributed by atoms with Gasteiger partial charge in [-0.3, -0.25) is 14.6 Å². The lowest BCUT2D eigenvalue weighted by atomic mass is 9.94. The van der Waals surface area contributed by atoms with Crippen molar-refractivity contribution in [2.75, 3.05) is 39.3 Å². The van der Waals surface area contributed by atoms with E-state index in [0.29, 0.717) is 65.2 Å². The number of ether oxygens (including phenoxy) is 1. The molecule has 1 fully saturated rings. The van der Waals surface area contributed by atoms with Crippen LogP contribution in [-0.4, -0.2) is 78.0 Å². The topological polar surface area (TPSA) is 82.2 Å². The Bertz CT molecular complexity index is 1250. The number of urea groups is 1. The summed E-state index contributed by atoms with van der Waals surface area (Å²) in [5.41, 5.74) is 2.05. The number of likely N-dealkylation sites (N-methyl/N-ethyl adjacent to an activating group) is 1. The van der Waals surface area contributed by atoms with Crippen molar-refractivity contribution < 1.29 is 19.1 Å². The molecule has 2 atom stereocenters. The Kier molecular flexibility index (Phi) is 8.97. The number of amides is 3. The van der Waals surface area contributed by atoms with Crippen LogP contribution in [0.2, 0.25) is 10.0 Å². The molecular weight excluding hydrogens is 527 g/mol. The molecule has 0 saturated carbocycles. The van der Waals surface area contributed by atoms with Crippen LogP contribution in [0.3, 0.4) is 0 Å². The lowest BCUT2D eigenvalue weighted by molar-refractivity contribution is -0.139. The average Bonchev–Trinajstić information content (AvgIpc) is 2.89. The van der Waals surface area contributed by atoms with Gasteiger partial charge in [0.2, 0.25) is 0 Å². The van der Waals surface area contributed by atoms with E-state index in [1.54, 1.807) is 54.3 Å². The largest absolute Gasteiger partial charge is 0.463 e. The van der Waals surface area contributed by atoms with E-state index in [4.69, 9.17) is 27.9 Å². The van der Waals surface area contributed by atoms with Crippen LogP contribution >= 0.6 is 23.2 Å². The maximum Gasteiger partial charge on any atom is 0.338 e. The quantitative estimate of drug-likeness (QED) is 0.496. The highest BCUT2D eigenvalue weighted by Gasteiger charge is 2.40. The molecule has 3 amide bonds. The van der Waals surface area contributed by atoms with Crippen molar-refractivity contribution in [3.05, 3.63) is 81.0 Å². The number of rotatable bonds is 7. The average molecular weight is 559 g/mol. The van der Waals surface area contributed by atoms with E-state index in [1.807, 2.05) is 24.8 Å². The maximum atomic E-state index is 13.3. The van der Waals surface area contributed by atoms with Gasteiger partial charge in [-0.25, -0.2) is 9.59 Å². The van der Waals surface area contributed by atoms with Gasteiger partial charge in [0.05, 0.1) is 28.8 Å². The summed E-state index contributed by atoms with van der Waals surface area (Å²) in [5, 5.41) is 3.82. The van der Waals surface area contributed by atoms with Crippen LogP contribution in [0.25, 0.3) is 0 Å². The van der Waals surface area contributed by atoms with Gasteiger partial charge in [0.15, 0.2) is 0 Å². The van der Waals surface area contributed by atoms with Crippen LogP contribution in [0, 0.1) is 0 Å². The van der Waals surface area contributed by atoms with Crippen LogP contribution < -0.4 is 5.32 Å². The third-order valence-corrected chi connectivity index (χ3v) is 7.59. The third kappa shape index (κ3) is 5.67. The van der Waals surface area contributed by atoms with Crippen LogP contribution in [0.4, 0.5) is 4.79 Å². The molecular formula is C28H32Cl2N4O4. The predicted molar refractivity (Wildman–Crippen MR) is 147 cm³/mol. The fourth-order valence-corrected chi connectivity index (χ4v) is 5.54. The molecule has 0 aromatic heterocycles. The lowest BCUT2D eigenvalue weighted by Crippen LogP contribution is -2.56.